The van der Waals surface area contributed by atoms with Gasteiger partial charge in [0.25, 0.3) is 0 Å². The first-order valence-electron chi connectivity index (χ1n) is 8.38. The van der Waals surface area contributed by atoms with Crippen LogP contribution in [0.4, 0.5) is 0 Å². The maximum Gasteiger partial charge on any atom is 0.336 e. The van der Waals surface area contributed by atoms with Gasteiger partial charge in [-0.3, -0.25) is 0 Å². The summed E-state index contributed by atoms with van der Waals surface area (Å²) in [6.07, 6.45) is 2.12. The zero-order valence-electron chi connectivity index (χ0n) is 14.0. The summed E-state index contributed by atoms with van der Waals surface area (Å²) in [6, 6.07) is 9.04. The summed E-state index contributed by atoms with van der Waals surface area (Å²) < 4.78 is 1.74. The number of nitrogens with zero attached hydrogens (tertiary/aromatic N) is 3. The predicted molar refractivity (Wildman–Crippen MR) is 96.9 cm³/mol. The van der Waals surface area contributed by atoms with Crippen molar-refractivity contribution in [1.29, 1.82) is 0 Å². The largest absolute Gasteiger partial charge is 0.478 e. The Morgan fingerprint density at radius 3 is 2.52 bits per heavy atom. The maximum atomic E-state index is 11.9. The molecule has 1 aliphatic carbocycles. The van der Waals surface area contributed by atoms with E-state index in [0.717, 1.165) is 29.9 Å². The summed E-state index contributed by atoms with van der Waals surface area (Å²) in [7, 11) is 0. The van der Waals surface area contributed by atoms with Crippen LogP contribution in [0.5, 0.6) is 0 Å². The highest BCUT2D eigenvalue weighted by molar-refractivity contribution is 6.30. The van der Waals surface area contributed by atoms with Crippen molar-refractivity contribution in [2.75, 3.05) is 0 Å². The average Bonchev–Trinajstić information content (AvgIpc) is 3.35. The monoisotopic (exact) mass is 355 g/mol. The number of aromatic nitrogens is 3. The molecule has 128 valence electrons. The van der Waals surface area contributed by atoms with Crippen molar-refractivity contribution in [3.8, 4) is 5.69 Å². The molecule has 1 aliphatic rings. The van der Waals surface area contributed by atoms with Crippen LogP contribution < -0.4 is 0 Å². The molecule has 3 aromatic rings. The Hall–Kier alpha value is -2.40. The summed E-state index contributed by atoms with van der Waals surface area (Å²) in [5, 5.41) is 15.7. The molecule has 0 radical (unpaired) electrons. The Labute approximate surface area is 150 Å². The standard InChI is InChI=1S/C19H18ClN3O2/c1-10(2)17-16-14(19(24)25)9-15(11-3-4-11)21-18(16)23(22-17)13-7-5-12(20)6-8-13/h5-11H,3-4H2,1-2H3,(H,24,25). The summed E-state index contributed by atoms with van der Waals surface area (Å²) in [6.45, 7) is 4.02. The smallest absolute Gasteiger partial charge is 0.336 e. The normalized spacial score (nSPS) is 14.4. The van der Waals surface area contributed by atoms with Gasteiger partial charge in [0, 0.05) is 16.6 Å². The molecular weight excluding hydrogens is 338 g/mol. The van der Waals surface area contributed by atoms with Crippen LogP contribution in [-0.4, -0.2) is 25.8 Å². The maximum absolute atomic E-state index is 11.9. The number of fused-ring (bicyclic) bond motifs is 1. The summed E-state index contributed by atoms with van der Waals surface area (Å²) in [5.41, 5.74) is 3.30. The van der Waals surface area contributed by atoms with Crippen LogP contribution >= 0.6 is 11.6 Å². The molecule has 0 aliphatic heterocycles. The van der Waals surface area contributed by atoms with Gasteiger partial charge in [0.2, 0.25) is 0 Å². The number of halogens is 1. The van der Waals surface area contributed by atoms with E-state index in [1.165, 1.54) is 0 Å². The third-order valence-electron chi connectivity index (χ3n) is 4.53. The van der Waals surface area contributed by atoms with E-state index in [2.05, 4.69) is 0 Å². The Bertz CT molecular complexity index is 972. The van der Waals surface area contributed by atoms with Gasteiger partial charge in [-0.2, -0.15) is 5.10 Å². The molecule has 0 saturated heterocycles. The highest BCUT2D eigenvalue weighted by Crippen LogP contribution is 2.41. The van der Waals surface area contributed by atoms with Crippen LogP contribution in [0.1, 0.15) is 60.3 Å². The van der Waals surface area contributed by atoms with Gasteiger partial charge in [-0.05, 0) is 49.1 Å². The molecular formula is C19H18ClN3O2. The molecule has 1 fully saturated rings. The second-order valence-electron chi connectivity index (χ2n) is 6.80. The summed E-state index contributed by atoms with van der Waals surface area (Å²) >= 11 is 5.99. The second-order valence-corrected chi connectivity index (χ2v) is 7.24. The Balaban J connectivity index is 2.05. The number of carbonyl (C=O) groups is 1. The lowest BCUT2D eigenvalue weighted by Crippen LogP contribution is -2.03. The Morgan fingerprint density at radius 1 is 1.28 bits per heavy atom. The molecule has 0 bridgehead atoms. The van der Waals surface area contributed by atoms with Crippen LogP contribution in [0.2, 0.25) is 5.02 Å². The first kappa shape index (κ1) is 16.1. The van der Waals surface area contributed by atoms with Crippen LogP contribution in [0.25, 0.3) is 16.7 Å². The molecule has 2 aromatic heterocycles. The van der Waals surface area contributed by atoms with Gasteiger partial charge in [0.15, 0.2) is 5.65 Å². The quantitative estimate of drug-likeness (QED) is 0.731. The predicted octanol–water partition coefficient (Wildman–Crippen LogP) is 4.77. The van der Waals surface area contributed by atoms with Crippen LogP contribution in [0.15, 0.2) is 30.3 Å². The van der Waals surface area contributed by atoms with Crippen LogP contribution in [-0.2, 0) is 0 Å². The SMILES string of the molecule is CC(C)c1nn(-c2ccc(Cl)cc2)c2nc(C3CC3)cc(C(=O)O)c12. The van der Waals surface area contributed by atoms with Crippen molar-refractivity contribution >= 4 is 28.6 Å². The highest BCUT2D eigenvalue weighted by atomic mass is 35.5. The Kier molecular flexibility index (Phi) is 3.76. The van der Waals surface area contributed by atoms with E-state index in [0.29, 0.717) is 22.0 Å². The van der Waals surface area contributed by atoms with Gasteiger partial charge in [0.1, 0.15) is 0 Å². The van der Waals surface area contributed by atoms with Crippen molar-refractivity contribution < 1.29 is 9.90 Å². The molecule has 0 unspecified atom stereocenters. The molecule has 6 heteroatoms. The molecule has 1 aromatic carbocycles. The average molecular weight is 356 g/mol. The minimum Gasteiger partial charge on any atom is -0.478 e. The number of hydrogen-bond acceptors (Lipinski definition) is 3. The molecule has 1 saturated carbocycles. The zero-order chi connectivity index (χ0) is 17.7. The number of hydrogen-bond donors (Lipinski definition) is 1. The molecule has 5 nitrogen and oxygen atoms in total. The topological polar surface area (TPSA) is 68.0 Å². The van der Waals surface area contributed by atoms with E-state index in [-0.39, 0.29) is 11.5 Å². The minimum absolute atomic E-state index is 0.0859. The fraction of sp³-hybridized carbons (Fsp3) is 0.316. The lowest BCUT2D eigenvalue weighted by atomic mass is 10.0. The fourth-order valence-corrected chi connectivity index (χ4v) is 3.21. The van der Waals surface area contributed by atoms with Gasteiger partial charge in [0.05, 0.1) is 22.3 Å². The first-order chi connectivity index (χ1) is 12.0. The first-order valence-corrected chi connectivity index (χ1v) is 8.76. The van der Waals surface area contributed by atoms with E-state index in [1.54, 1.807) is 22.9 Å². The van der Waals surface area contributed by atoms with Crippen molar-refractivity contribution in [2.45, 2.75) is 38.5 Å². The fourth-order valence-electron chi connectivity index (χ4n) is 3.09. The highest BCUT2D eigenvalue weighted by Gasteiger charge is 2.29. The van der Waals surface area contributed by atoms with Gasteiger partial charge >= 0.3 is 5.97 Å². The van der Waals surface area contributed by atoms with E-state index < -0.39 is 5.97 Å². The van der Waals surface area contributed by atoms with Gasteiger partial charge in [-0.25, -0.2) is 14.5 Å². The molecule has 25 heavy (non-hydrogen) atoms. The summed E-state index contributed by atoms with van der Waals surface area (Å²) in [5.74, 6) is -0.492. The van der Waals surface area contributed by atoms with Crippen molar-refractivity contribution in [2.24, 2.45) is 0 Å². The third kappa shape index (κ3) is 2.78. The number of benzene rings is 1. The van der Waals surface area contributed by atoms with Gasteiger partial charge in [-0.1, -0.05) is 25.4 Å². The van der Waals surface area contributed by atoms with Gasteiger partial charge < -0.3 is 5.11 Å². The van der Waals surface area contributed by atoms with E-state index >= 15 is 0 Å². The number of pyridine rings is 1. The lowest BCUT2D eigenvalue weighted by molar-refractivity contribution is 0.0698. The molecule has 2 heterocycles. The van der Waals surface area contributed by atoms with Crippen molar-refractivity contribution in [1.82, 2.24) is 14.8 Å². The number of carboxylic acids is 1. The van der Waals surface area contributed by atoms with E-state index in [1.807, 2.05) is 26.0 Å². The van der Waals surface area contributed by atoms with Crippen molar-refractivity contribution in [3.63, 3.8) is 0 Å². The lowest BCUT2D eigenvalue weighted by Gasteiger charge is -2.07. The summed E-state index contributed by atoms with van der Waals surface area (Å²) in [4.78, 5) is 16.7. The minimum atomic E-state index is -0.938. The second kappa shape index (κ2) is 5.85. The zero-order valence-corrected chi connectivity index (χ0v) is 14.8. The Morgan fingerprint density at radius 2 is 1.96 bits per heavy atom. The van der Waals surface area contributed by atoms with Gasteiger partial charge in [-0.15, -0.1) is 0 Å². The molecule has 0 atom stereocenters. The van der Waals surface area contributed by atoms with Crippen LogP contribution in [0, 0.1) is 0 Å². The van der Waals surface area contributed by atoms with Crippen molar-refractivity contribution in [3.05, 3.63) is 52.3 Å². The van der Waals surface area contributed by atoms with E-state index in [4.69, 9.17) is 21.7 Å². The van der Waals surface area contributed by atoms with E-state index in [9.17, 15) is 9.90 Å². The molecule has 0 amide bonds. The third-order valence-corrected chi connectivity index (χ3v) is 4.78. The molecule has 4 rings (SSSR count). The number of rotatable bonds is 4. The molecule has 0 spiro atoms. The number of aromatic carboxylic acids is 1. The van der Waals surface area contributed by atoms with Crippen LogP contribution in [0.3, 0.4) is 0 Å². The number of carboxylic acid groups (broad SMARTS) is 1. The molecule has 1 N–H and O–H groups in total.